The predicted octanol–water partition coefficient (Wildman–Crippen LogP) is 5.89. The Morgan fingerprint density at radius 1 is 1.00 bits per heavy atom. The van der Waals surface area contributed by atoms with Crippen LogP contribution in [0.4, 0.5) is 5.69 Å². The smallest absolute Gasteiger partial charge is 0.258 e. The number of aromatic nitrogens is 1. The number of ketones is 1. The third-order valence-electron chi connectivity index (χ3n) is 4.35. The average molecular weight is 425 g/mol. The van der Waals surface area contributed by atoms with E-state index >= 15 is 0 Å². The number of rotatable bonds is 6. The summed E-state index contributed by atoms with van der Waals surface area (Å²) >= 11 is 7.15. The summed E-state index contributed by atoms with van der Waals surface area (Å²) in [5.74, 6) is -0.0969. The molecule has 4 nitrogen and oxygen atoms in total. The van der Waals surface area contributed by atoms with Gasteiger partial charge < -0.3 is 5.32 Å². The van der Waals surface area contributed by atoms with E-state index in [1.54, 1.807) is 24.3 Å². The number of halogens is 1. The van der Waals surface area contributed by atoms with E-state index in [1.165, 1.54) is 11.8 Å². The molecule has 0 atom stereocenters. The van der Waals surface area contributed by atoms with Crippen molar-refractivity contribution in [3.05, 3.63) is 87.6 Å². The van der Waals surface area contributed by atoms with Crippen molar-refractivity contribution in [2.75, 3.05) is 11.1 Å². The van der Waals surface area contributed by atoms with E-state index in [-0.39, 0.29) is 17.4 Å². The Labute approximate surface area is 179 Å². The van der Waals surface area contributed by atoms with Gasteiger partial charge in [0.2, 0.25) is 0 Å². The molecule has 1 aromatic heterocycles. The van der Waals surface area contributed by atoms with Crippen LogP contribution in [0.3, 0.4) is 0 Å². The van der Waals surface area contributed by atoms with Gasteiger partial charge in [-0.2, -0.15) is 0 Å². The molecule has 3 rings (SSSR count). The van der Waals surface area contributed by atoms with Gasteiger partial charge >= 0.3 is 0 Å². The Balaban J connectivity index is 1.80. The number of anilines is 1. The van der Waals surface area contributed by atoms with Crippen LogP contribution in [-0.4, -0.2) is 22.4 Å². The molecule has 6 heteroatoms. The van der Waals surface area contributed by atoms with E-state index in [0.717, 1.165) is 16.8 Å². The lowest BCUT2D eigenvalue weighted by Crippen LogP contribution is -2.16. The van der Waals surface area contributed by atoms with Gasteiger partial charge in [0.1, 0.15) is 5.03 Å². The number of aryl methyl sites for hydroxylation is 3. The van der Waals surface area contributed by atoms with Gasteiger partial charge in [-0.15, -0.1) is 0 Å². The lowest BCUT2D eigenvalue weighted by Gasteiger charge is -2.13. The van der Waals surface area contributed by atoms with Crippen molar-refractivity contribution in [2.45, 2.75) is 25.8 Å². The second-order valence-corrected chi connectivity index (χ2v) is 8.20. The molecule has 29 heavy (non-hydrogen) atoms. The fourth-order valence-corrected chi connectivity index (χ4v) is 4.03. The van der Waals surface area contributed by atoms with Gasteiger partial charge in [0.25, 0.3) is 5.91 Å². The minimum Gasteiger partial charge on any atom is -0.322 e. The van der Waals surface area contributed by atoms with Crippen LogP contribution in [0.15, 0.2) is 59.6 Å². The lowest BCUT2D eigenvalue weighted by molar-refractivity contribution is 0.101. The van der Waals surface area contributed by atoms with Crippen LogP contribution in [0.1, 0.15) is 37.5 Å². The van der Waals surface area contributed by atoms with Gasteiger partial charge in [0, 0.05) is 22.0 Å². The first-order valence-electron chi connectivity index (χ1n) is 9.11. The van der Waals surface area contributed by atoms with Gasteiger partial charge in [0.15, 0.2) is 5.78 Å². The molecule has 2 aromatic carbocycles. The molecule has 0 radical (unpaired) electrons. The number of hydrogen-bond donors (Lipinski definition) is 1. The number of amides is 1. The fraction of sp³-hybridized carbons (Fsp3) is 0.174. The molecule has 0 saturated carbocycles. The summed E-state index contributed by atoms with van der Waals surface area (Å²) in [5.41, 5.74) is 4.53. The van der Waals surface area contributed by atoms with Crippen molar-refractivity contribution in [1.29, 1.82) is 0 Å². The summed E-state index contributed by atoms with van der Waals surface area (Å²) in [6.07, 6.45) is 0. The van der Waals surface area contributed by atoms with Crippen molar-refractivity contribution >= 4 is 40.7 Å². The predicted molar refractivity (Wildman–Crippen MR) is 119 cm³/mol. The van der Waals surface area contributed by atoms with E-state index in [2.05, 4.69) is 10.3 Å². The molecule has 0 aliphatic heterocycles. The molecule has 0 aliphatic rings. The summed E-state index contributed by atoms with van der Waals surface area (Å²) in [6, 6.07) is 16.3. The lowest BCUT2D eigenvalue weighted by atomic mass is 10.1. The number of carbonyl (C=O) groups excluding carboxylic acids is 2. The normalized spacial score (nSPS) is 10.6. The SMILES string of the molecule is Cc1ccc(NC(=O)c2c(C)cc(C)nc2SCC(=O)c2ccc(Cl)cc2)cc1. The molecule has 0 unspecified atom stereocenters. The van der Waals surface area contributed by atoms with Crippen LogP contribution in [0, 0.1) is 20.8 Å². The molecule has 0 aliphatic carbocycles. The topological polar surface area (TPSA) is 59.1 Å². The van der Waals surface area contributed by atoms with Crippen molar-refractivity contribution in [1.82, 2.24) is 4.98 Å². The molecule has 1 N–H and O–H groups in total. The standard InChI is InChI=1S/C23H21ClN2O2S/c1-14-4-10-19(11-5-14)26-22(28)21-15(2)12-16(3)25-23(21)29-13-20(27)17-6-8-18(24)9-7-17/h4-12H,13H2,1-3H3,(H,26,28). The number of Topliss-reactive ketones (excluding diaryl/α,β-unsaturated/α-hetero) is 1. The van der Waals surface area contributed by atoms with E-state index in [0.29, 0.717) is 26.9 Å². The maximum Gasteiger partial charge on any atom is 0.258 e. The number of carbonyl (C=O) groups is 2. The van der Waals surface area contributed by atoms with Crippen molar-refractivity contribution < 1.29 is 9.59 Å². The Morgan fingerprint density at radius 2 is 1.66 bits per heavy atom. The van der Waals surface area contributed by atoms with E-state index < -0.39 is 0 Å². The third kappa shape index (κ3) is 5.46. The van der Waals surface area contributed by atoms with Gasteiger partial charge in [0.05, 0.1) is 11.3 Å². The van der Waals surface area contributed by atoms with Gasteiger partial charge in [-0.1, -0.05) is 41.1 Å². The third-order valence-corrected chi connectivity index (χ3v) is 5.58. The van der Waals surface area contributed by atoms with Gasteiger partial charge in [-0.3, -0.25) is 9.59 Å². The van der Waals surface area contributed by atoms with Crippen LogP contribution in [0.5, 0.6) is 0 Å². The van der Waals surface area contributed by atoms with Gasteiger partial charge in [-0.05, 0) is 68.8 Å². The summed E-state index contributed by atoms with van der Waals surface area (Å²) in [6.45, 7) is 5.75. The van der Waals surface area contributed by atoms with Gasteiger partial charge in [-0.25, -0.2) is 4.98 Å². The molecule has 1 amide bonds. The Morgan fingerprint density at radius 3 is 2.31 bits per heavy atom. The largest absolute Gasteiger partial charge is 0.322 e. The minimum absolute atomic E-state index is 0.0440. The van der Waals surface area contributed by atoms with Crippen molar-refractivity contribution in [3.8, 4) is 0 Å². The number of nitrogens with zero attached hydrogens (tertiary/aromatic N) is 1. The van der Waals surface area contributed by atoms with Crippen LogP contribution < -0.4 is 5.32 Å². The first kappa shape index (κ1) is 21.1. The zero-order valence-corrected chi connectivity index (χ0v) is 18.0. The molecule has 3 aromatic rings. The number of hydrogen-bond acceptors (Lipinski definition) is 4. The second kappa shape index (κ2) is 9.25. The molecule has 0 saturated heterocycles. The van der Waals surface area contributed by atoms with Crippen molar-refractivity contribution in [3.63, 3.8) is 0 Å². The molecular formula is C23H21ClN2O2S. The highest BCUT2D eigenvalue weighted by Crippen LogP contribution is 2.26. The maximum atomic E-state index is 12.9. The summed E-state index contributed by atoms with van der Waals surface area (Å²) < 4.78 is 0. The van der Waals surface area contributed by atoms with Crippen LogP contribution >= 0.6 is 23.4 Å². The molecule has 0 bridgehead atoms. The van der Waals surface area contributed by atoms with E-state index in [4.69, 9.17) is 11.6 Å². The quantitative estimate of drug-likeness (QED) is 0.396. The zero-order valence-electron chi connectivity index (χ0n) is 16.5. The zero-order chi connectivity index (χ0) is 21.0. The number of benzene rings is 2. The highest BCUT2D eigenvalue weighted by Gasteiger charge is 2.19. The molecule has 1 heterocycles. The van der Waals surface area contributed by atoms with Crippen molar-refractivity contribution in [2.24, 2.45) is 0 Å². The molecule has 0 fully saturated rings. The number of pyridine rings is 1. The Bertz CT molecular complexity index is 1050. The van der Waals surface area contributed by atoms with E-state index in [1.807, 2.05) is 51.1 Å². The highest BCUT2D eigenvalue weighted by atomic mass is 35.5. The number of thioether (sulfide) groups is 1. The molecular weight excluding hydrogens is 404 g/mol. The van der Waals surface area contributed by atoms with Crippen LogP contribution in [0.25, 0.3) is 0 Å². The summed E-state index contributed by atoms with van der Waals surface area (Å²) in [7, 11) is 0. The summed E-state index contributed by atoms with van der Waals surface area (Å²) in [5, 5.41) is 4.05. The fourth-order valence-electron chi connectivity index (χ4n) is 2.87. The highest BCUT2D eigenvalue weighted by molar-refractivity contribution is 8.00. The molecule has 0 spiro atoms. The summed E-state index contributed by atoms with van der Waals surface area (Å²) in [4.78, 5) is 30.0. The van der Waals surface area contributed by atoms with E-state index in [9.17, 15) is 9.59 Å². The van der Waals surface area contributed by atoms with Crippen LogP contribution in [0.2, 0.25) is 5.02 Å². The maximum absolute atomic E-state index is 12.9. The first-order valence-corrected chi connectivity index (χ1v) is 10.5. The Hall–Kier alpha value is -2.63. The van der Waals surface area contributed by atoms with Crippen LogP contribution in [-0.2, 0) is 0 Å². The monoisotopic (exact) mass is 424 g/mol. The second-order valence-electron chi connectivity index (χ2n) is 6.80. The average Bonchev–Trinajstić information content (AvgIpc) is 2.68. The first-order chi connectivity index (χ1) is 13.8. The minimum atomic E-state index is -0.236. The number of nitrogens with one attached hydrogen (secondary N) is 1. The Kier molecular flexibility index (Phi) is 6.72. The molecule has 148 valence electrons.